The third-order valence-corrected chi connectivity index (χ3v) is 5.67. The molecule has 2 saturated heterocycles. The van der Waals surface area contributed by atoms with Gasteiger partial charge in [0.05, 0.1) is 18.9 Å². The highest BCUT2D eigenvalue weighted by atomic mass is 19.1. The summed E-state index contributed by atoms with van der Waals surface area (Å²) >= 11 is 0. The summed E-state index contributed by atoms with van der Waals surface area (Å²) in [6, 6.07) is 12.6. The average molecular weight is 433 g/mol. The molecule has 5 rings (SSSR count). The lowest BCUT2D eigenvalue weighted by atomic mass is 10.2. The monoisotopic (exact) mass is 433 g/mol. The van der Waals surface area contributed by atoms with Crippen LogP contribution in [0.3, 0.4) is 0 Å². The van der Waals surface area contributed by atoms with Gasteiger partial charge in [-0.2, -0.15) is 0 Å². The minimum absolute atomic E-state index is 0.0806. The number of aliphatic imine (C=N–C) groups is 1. The maximum absolute atomic E-state index is 15.1. The highest BCUT2D eigenvalue weighted by molar-refractivity contribution is 6.01. The zero-order chi connectivity index (χ0) is 22.1. The number of hydrogen-bond donors (Lipinski definition) is 0. The Morgan fingerprint density at radius 3 is 2.84 bits per heavy atom. The highest BCUT2D eigenvalue weighted by Crippen LogP contribution is 2.37. The molecule has 0 bridgehead atoms. The van der Waals surface area contributed by atoms with Crippen LogP contribution in [0.2, 0.25) is 0 Å². The van der Waals surface area contributed by atoms with Gasteiger partial charge in [0.1, 0.15) is 30.1 Å². The molecule has 0 radical (unpaired) electrons. The second kappa shape index (κ2) is 8.65. The Morgan fingerprint density at radius 1 is 1.22 bits per heavy atom. The first-order valence-electron chi connectivity index (χ1n) is 10.6. The summed E-state index contributed by atoms with van der Waals surface area (Å²) in [5.41, 5.74) is 2.83. The number of morpholine rings is 1. The predicted molar refractivity (Wildman–Crippen MR) is 122 cm³/mol. The Labute approximate surface area is 186 Å². The molecular formula is C25H24FN3O3. The molecule has 6 nitrogen and oxygen atoms in total. The van der Waals surface area contributed by atoms with Crippen LogP contribution < -0.4 is 14.5 Å². The first-order chi connectivity index (χ1) is 15.6. The first kappa shape index (κ1) is 20.6. The number of hydrogen-bond acceptors (Lipinski definition) is 6. The van der Waals surface area contributed by atoms with Crippen LogP contribution in [0.4, 0.5) is 15.8 Å². The minimum Gasteiger partial charge on any atom is -0.486 e. The molecular weight excluding hydrogens is 409 g/mol. The fourth-order valence-electron chi connectivity index (χ4n) is 4.05. The summed E-state index contributed by atoms with van der Waals surface area (Å²) in [4.78, 5) is 8.64. The van der Waals surface area contributed by atoms with Crippen LogP contribution in [0.15, 0.2) is 59.2 Å². The normalized spacial score (nSPS) is 22.3. The molecule has 0 N–H and O–H groups in total. The molecule has 0 spiro atoms. The zero-order valence-corrected chi connectivity index (χ0v) is 17.8. The van der Waals surface area contributed by atoms with Crippen LogP contribution in [0.25, 0.3) is 0 Å². The third-order valence-electron chi connectivity index (χ3n) is 5.67. The van der Waals surface area contributed by atoms with Gasteiger partial charge in [0.15, 0.2) is 6.23 Å². The minimum atomic E-state index is -0.280. The van der Waals surface area contributed by atoms with E-state index >= 15 is 4.39 Å². The van der Waals surface area contributed by atoms with Gasteiger partial charge in [-0.25, -0.2) is 9.38 Å². The molecule has 2 aromatic rings. The summed E-state index contributed by atoms with van der Waals surface area (Å²) in [5, 5.41) is 0. The Bertz CT molecular complexity index is 1120. The van der Waals surface area contributed by atoms with Crippen LogP contribution in [0.1, 0.15) is 12.5 Å². The van der Waals surface area contributed by atoms with Crippen molar-refractivity contribution in [1.29, 1.82) is 0 Å². The molecule has 3 aliphatic heterocycles. The van der Waals surface area contributed by atoms with Crippen molar-refractivity contribution >= 4 is 17.2 Å². The summed E-state index contributed by atoms with van der Waals surface area (Å²) in [5.74, 6) is 3.62. The van der Waals surface area contributed by atoms with Crippen molar-refractivity contribution in [2.24, 2.45) is 4.99 Å². The Balaban J connectivity index is 1.41. The van der Waals surface area contributed by atoms with E-state index in [9.17, 15) is 0 Å². The van der Waals surface area contributed by atoms with Crippen molar-refractivity contribution < 1.29 is 18.6 Å². The zero-order valence-electron chi connectivity index (χ0n) is 17.8. The van der Waals surface area contributed by atoms with Crippen LogP contribution in [0.5, 0.6) is 5.75 Å². The van der Waals surface area contributed by atoms with Crippen molar-refractivity contribution in [2.45, 2.75) is 19.3 Å². The molecule has 3 heterocycles. The SMILES string of the molecule is C#Cc1cccc(OCC2=NC(C)=CC3OC3N2c2ccc(N3CCOCC3)c(F)c2)c1. The van der Waals surface area contributed by atoms with E-state index in [0.29, 0.717) is 49.3 Å². The topological polar surface area (TPSA) is 49.8 Å². The molecule has 2 unspecified atom stereocenters. The number of terminal acetylenes is 1. The largest absolute Gasteiger partial charge is 0.486 e. The van der Waals surface area contributed by atoms with E-state index in [1.54, 1.807) is 12.1 Å². The Hall–Kier alpha value is -3.34. The molecule has 0 aliphatic carbocycles. The molecule has 0 amide bonds. The van der Waals surface area contributed by atoms with Gasteiger partial charge < -0.3 is 19.1 Å². The fraction of sp³-hybridized carbons (Fsp3) is 0.320. The molecule has 2 fully saturated rings. The maximum atomic E-state index is 15.1. The van der Waals surface area contributed by atoms with Crippen molar-refractivity contribution in [3.05, 3.63) is 65.6 Å². The van der Waals surface area contributed by atoms with E-state index in [0.717, 1.165) is 11.3 Å². The van der Waals surface area contributed by atoms with Crippen LogP contribution in [0, 0.1) is 18.2 Å². The molecule has 0 aromatic heterocycles. The van der Waals surface area contributed by atoms with Crippen molar-refractivity contribution in [1.82, 2.24) is 0 Å². The molecule has 3 aliphatic rings. The van der Waals surface area contributed by atoms with Gasteiger partial charge in [-0.05, 0) is 49.4 Å². The molecule has 2 aromatic carbocycles. The number of rotatable bonds is 5. The van der Waals surface area contributed by atoms with Gasteiger partial charge in [-0.1, -0.05) is 12.0 Å². The molecule has 164 valence electrons. The summed E-state index contributed by atoms with van der Waals surface area (Å²) < 4.78 is 32.3. The first-order valence-corrected chi connectivity index (χ1v) is 10.6. The van der Waals surface area contributed by atoms with Gasteiger partial charge in [-0.3, -0.25) is 4.90 Å². The maximum Gasteiger partial charge on any atom is 0.166 e. The fourth-order valence-corrected chi connectivity index (χ4v) is 4.05. The lowest BCUT2D eigenvalue weighted by molar-refractivity contribution is 0.122. The number of amidine groups is 1. The van der Waals surface area contributed by atoms with Crippen molar-refractivity contribution in [3.63, 3.8) is 0 Å². The summed E-state index contributed by atoms with van der Waals surface area (Å²) in [6.07, 6.45) is 7.15. The lowest BCUT2D eigenvalue weighted by Crippen LogP contribution is -2.39. The second-order valence-electron chi connectivity index (χ2n) is 7.89. The van der Waals surface area contributed by atoms with Gasteiger partial charge >= 0.3 is 0 Å². The third kappa shape index (κ3) is 4.20. The highest BCUT2D eigenvalue weighted by Gasteiger charge is 2.46. The van der Waals surface area contributed by atoms with Crippen LogP contribution in [-0.2, 0) is 9.47 Å². The van der Waals surface area contributed by atoms with Gasteiger partial charge in [-0.15, -0.1) is 6.42 Å². The standard InChI is InChI=1S/C25H24FN3O3/c1-3-18-5-4-6-20(14-18)31-16-24-27-17(2)13-23-25(32-23)29(24)19-7-8-22(21(26)15-19)28-9-11-30-12-10-28/h1,4-8,13-15,23,25H,9-12,16H2,2H3. The van der Waals surface area contributed by atoms with E-state index in [1.165, 1.54) is 0 Å². The van der Waals surface area contributed by atoms with Crippen molar-refractivity contribution in [3.8, 4) is 18.1 Å². The lowest BCUT2D eigenvalue weighted by Gasteiger charge is -2.30. The quantitative estimate of drug-likeness (QED) is 0.533. The molecule has 0 saturated carbocycles. The predicted octanol–water partition coefficient (Wildman–Crippen LogP) is 3.57. The smallest absolute Gasteiger partial charge is 0.166 e. The second-order valence-corrected chi connectivity index (χ2v) is 7.89. The van der Waals surface area contributed by atoms with E-state index < -0.39 is 0 Å². The Kier molecular flexibility index (Phi) is 5.56. The number of ether oxygens (including phenoxy) is 3. The molecule has 2 atom stereocenters. The van der Waals surface area contributed by atoms with Crippen LogP contribution >= 0.6 is 0 Å². The Morgan fingerprint density at radius 2 is 2.06 bits per heavy atom. The number of nitrogens with zero attached hydrogens (tertiary/aromatic N) is 3. The summed E-state index contributed by atoms with van der Waals surface area (Å²) in [6.45, 7) is 4.67. The number of benzene rings is 2. The summed E-state index contributed by atoms with van der Waals surface area (Å²) in [7, 11) is 0. The number of anilines is 2. The van der Waals surface area contributed by atoms with Crippen LogP contribution in [-0.4, -0.2) is 51.1 Å². The van der Waals surface area contributed by atoms with Gasteiger partial charge in [0.2, 0.25) is 0 Å². The van der Waals surface area contributed by atoms with Gasteiger partial charge in [0.25, 0.3) is 0 Å². The van der Waals surface area contributed by atoms with E-state index in [-0.39, 0.29) is 24.8 Å². The average Bonchev–Trinajstić information content (AvgIpc) is 3.57. The molecule has 7 heteroatoms. The van der Waals surface area contributed by atoms with E-state index in [4.69, 9.17) is 25.6 Å². The molecule has 32 heavy (non-hydrogen) atoms. The van der Waals surface area contributed by atoms with E-state index in [1.807, 2.05) is 53.1 Å². The number of fused-ring (bicyclic) bond motifs is 1. The number of halogens is 1. The van der Waals surface area contributed by atoms with E-state index in [2.05, 4.69) is 5.92 Å². The number of epoxide rings is 1. The number of allylic oxidation sites excluding steroid dienone is 1. The van der Waals surface area contributed by atoms with Gasteiger partial charge in [0, 0.05) is 30.0 Å². The van der Waals surface area contributed by atoms with Crippen molar-refractivity contribution in [2.75, 3.05) is 42.7 Å².